The first-order valence-electron chi connectivity index (χ1n) is 11.7. The molecule has 5 rings (SSSR count). The summed E-state index contributed by atoms with van der Waals surface area (Å²) in [6.07, 6.45) is 5.63. The number of fused-ring (bicyclic) bond motifs is 1. The van der Waals surface area contributed by atoms with E-state index in [-0.39, 0.29) is 11.7 Å². The van der Waals surface area contributed by atoms with Crippen molar-refractivity contribution in [3.05, 3.63) is 109 Å². The fourth-order valence-electron chi connectivity index (χ4n) is 3.92. The van der Waals surface area contributed by atoms with Gasteiger partial charge in [0.05, 0.1) is 11.0 Å². The normalized spacial score (nSPS) is 11.1. The maximum absolute atomic E-state index is 12.5. The van der Waals surface area contributed by atoms with Gasteiger partial charge in [-0.2, -0.15) is 8.78 Å². The van der Waals surface area contributed by atoms with Gasteiger partial charge in [0.15, 0.2) is 0 Å². The number of carbonyl (C=O) groups excluding carboxylic acids is 1. The molecule has 0 radical (unpaired) electrons. The van der Waals surface area contributed by atoms with Crippen molar-refractivity contribution >= 4 is 16.9 Å². The van der Waals surface area contributed by atoms with E-state index in [0.29, 0.717) is 31.0 Å². The minimum atomic E-state index is -2.85. The van der Waals surface area contributed by atoms with Gasteiger partial charge in [0.1, 0.15) is 24.4 Å². The third kappa shape index (κ3) is 5.95. The molecule has 37 heavy (non-hydrogen) atoms. The first-order valence-corrected chi connectivity index (χ1v) is 11.7. The summed E-state index contributed by atoms with van der Waals surface area (Å²) in [5, 5.41) is 2.94. The molecule has 0 atom stereocenters. The van der Waals surface area contributed by atoms with Gasteiger partial charge in [-0.3, -0.25) is 9.36 Å². The van der Waals surface area contributed by atoms with Crippen LogP contribution in [0, 0.1) is 0 Å². The largest absolute Gasteiger partial charge is 0.489 e. The smallest absolute Gasteiger partial charge is 0.387 e. The molecule has 0 saturated heterocycles. The Labute approximate surface area is 211 Å². The molecule has 9 heteroatoms. The van der Waals surface area contributed by atoms with Crippen LogP contribution < -0.4 is 14.8 Å². The molecule has 0 aliphatic heterocycles. The van der Waals surface area contributed by atoms with Crippen LogP contribution in [0.15, 0.2) is 97.6 Å². The Hall–Kier alpha value is -4.66. The van der Waals surface area contributed by atoms with E-state index in [9.17, 15) is 13.6 Å². The van der Waals surface area contributed by atoms with Crippen LogP contribution in [0.2, 0.25) is 0 Å². The molecule has 5 aromatic rings. The zero-order valence-corrected chi connectivity index (χ0v) is 19.8. The zero-order chi connectivity index (χ0) is 25.6. The van der Waals surface area contributed by atoms with E-state index in [2.05, 4.69) is 15.0 Å². The van der Waals surface area contributed by atoms with E-state index in [1.54, 1.807) is 30.6 Å². The second-order valence-electron chi connectivity index (χ2n) is 8.30. The third-order valence-corrected chi connectivity index (χ3v) is 5.80. The summed E-state index contributed by atoms with van der Waals surface area (Å²) in [6, 6.07) is 23.2. The number of alkyl halides is 2. The first-order chi connectivity index (χ1) is 18.0. The summed E-state index contributed by atoms with van der Waals surface area (Å²) in [5.41, 5.74) is 3.88. The zero-order valence-electron chi connectivity index (χ0n) is 19.8. The van der Waals surface area contributed by atoms with Crippen LogP contribution in [0.25, 0.3) is 16.7 Å². The van der Waals surface area contributed by atoms with Crippen molar-refractivity contribution in [2.75, 3.05) is 6.54 Å². The number of nitrogens with one attached hydrogen (secondary N) is 1. The van der Waals surface area contributed by atoms with Gasteiger partial charge in [-0.15, -0.1) is 0 Å². The van der Waals surface area contributed by atoms with Crippen LogP contribution >= 0.6 is 0 Å². The molecule has 0 aliphatic rings. The van der Waals surface area contributed by atoms with Crippen molar-refractivity contribution in [3.63, 3.8) is 0 Å². The van der Waals surface area contributed by atoms with Crippen LogP contribution in [-0.2, 0) is 13.2 Å². The lowest BCUT2D eigenvalue weighted by Crippen LogP contribution is -2.26. The summed E-state index contributed by atoms with van der Waals surface area (Å²) in [4.78, 5) is 17.0. The van der Waals surface area contributed by atoms with Gasteiger partial charge in [0.25, 0.3) is 5.91 Å². The van der Waals surface area contributed by atoms with Crippen LogP contribution in [0.5, 0.6) is 11.5 Å². The second kappa shape index (κ2) is 10.9. The number of rotatable bonds is 10. The summed E-state index contributed by atoms with van der Waals surface area (Å²) >= 11 is 0. The minimum absolute atomic E-state index is 0.108. The molecule has 0 unspecified atom stereocenters. The summed E-state index contributed by atoms with van der Waals surface area (Å²) in [7, 11) is 0. The molecule has 0 saturated carbocycles. The molecule has 2 aromatic heterocycles. The predicted octanol–water partition coefficient (Wildman–Crippen LogP) is 5.44. The van der Waals surface area contributed by atoms with Crippen molar-refractivity contribution < 1.29 is 23.0 Å². The van der Waals surface area contributed by atoms with Gasteiger partial charge in [-0.25, -0.2) is 4.98 Å². The Kier molecular flexibility index (Phi) is 7.12. The molecule has 0 bridgehead atoms. The molecule has 0 spiro atoms. The van der Waals surface area contributed by atoms with Gasteiger partial charge >= 0.3 is 6.61 Å². The monoisotopic (exact) mass is 502 g/mol. The number of aromatic nitrogens is 3. The van der Waals surface area contributed by atoms with E-state index >= 15 is 0 Å². The van der Waals surface area contributed by atoms with E-state index in [4.69, 9.17) is 4.74 Å². The highest BCUT2D eigenvalue weighted by atomic mass is 19.3. The Morgan fingerprint density at radius 1 is 0.946 bits per heavy atom. The molecule has 188 valence electrons. The number of nitrogens with zero attached hydrogens (tertiary/aromatic N) is 3. The fraction of sp³-hybridized carbons (Fsp3) is 0.143. The Morgan fingerprint density at radius 2 is 1.68 bits per heavy atom. The van der Waals surface area contributed by atoms with Crippen LogP contribution in [0.1, 0.15) is 15.9 Å². The number of amides is 1. The molecule has 1 amide bonds. The highest BCUT2D eigenvalue weighted by Gasteiger charge is 2.10. The fourth-order valence-corrected chi connectivity index (χ4v) is 3.92. The van der Waals surface area contributed by atoms with Crippen LogP contribution in [-0.4, -0.2) is 33.2 Å². The van der Waals surface area contributed by atoms with E-state index in [1.165, 1.54) is 12.1 Å². The number of ether oxygens (including phenoxy) is 2. The molecule has 2 heterocycles. The summed E-state index contributed by atoms with van der Waals surface area (Å²) < 4.78 is 38.7. The lowest BCUT2D eigenvalue weighted by Gasteiger charge is -2.10. The Bertz CT molecular complexity index is 1460. The number of benzene rings is 3. The molecule has 3 aromatic carbocycles. The quantitative estimate of drug-likeness (QED) is 0.276. The maximum atomic E-state index is 12.5. The number of imidazole rings is 1. The minimum Gasteiger partial charge on any atom is -0.489 e. The average molecular weight is 503 g/mol. The second-order valence-corrected chi connectivity index (χ2v) is 8.30. The van der Waals surface area contributed by atoms with Crippen LogP contribution in [0.4, 0.5) is 8.78 Å². The average Bonchev–Trinajstić information content (AvgIpc) is 3.58. The van der Waals surface area contributed by atoms with Gasteiger partial charge in [0.2, 0.25) is 0 Å². The van der Waals surface area contributed by atoms with Crippen molar-refractivity contribution in [3.8, 4) is 17.2 Å². The Balaban J connectivity index is 1.20. The highest BCUT2D eigenvalue weighted by molar-refractivity contribution is 5.97. The first kappa shape index (κ1) is 24.1. The number of halogens is 2. The van der Waals surface area contributed by atoms with E-state index in [1.807, 2.05) is 64.0 Å². The number of hydrogen-bond acceptors (Lipinski definition) is 4. The third-order valence-electron chi connectivity index (χ3n) is 5.80. The van der Waals surface area contributed by atoms with E-state index < -0.39 is 6.61 Å². The van der Waals surface area contributed by atoms with Crippen molar-refractivity contribution in [2.24, 2.45) is 0 Å². The molecular formula is C28H24F2N4O3. The topological polar surface area (TPSA) is 70.3 Å². The van der Waals surface area contributed by atoms with E-state index in [0.717, 1.165) is 22.3 Å². The highest BCUT2D eigenvalue weighted by Crippen LogP contribution is 2.23. The van der Waals surface area contributed by atoms with Gasteiger partial charge < -0.3 is 19.4 Å². The molecule has 7 nitrogen and oxygen atoms in total. The van der Waals surface area contributed by atoms with Gasteiger partial charge in [0, 0.05) is 36.7 Å². The molecule has 1 N–H and O–H groups in total. The number of hydrogen-bond donors (Lipinski definition) is 1. The van der Waals surface area contributed by atoms with Gasteiger partial charge in [-0.1, -0.05) is 12.1 Å². The maximum Gasteiger partial charge on any atom is 0.387 e. The lowest BCUT2D eigenvalue weighted by atomic mass is 10.2. The SMILES string of the molecule is O=C(NCCn1cccc1)c1ccc2c(c1)ncn2-c1ccc(OCc2ccc(OC(F)F)cc2)cc1. The standard InChI is InChI=1S/C28H24F2N4O3/c29-28(30)37-24-8-3-20(4-9-24)18-36-23-10-6-22(7-11-23)34-19-32-25-17-21(5-12-26(25)34)27(35)31-13-16-33-14-1-2-15-33/h1-12,14-15,17,19,28H,13,16,18H2,(H,31,35). The molecule has 0 aliphatic carbocycles. The van der Waals surface area contributed by atoms with Crippen molar-refractivity contribution in [1.29, 1.82) is 0 Å². The van der Waals surface area contributed by atoms with Crippen LogP contribution in [0.3, 0.4) is 0 Å². The summed E-state index contributed by atoms with van der Waals surface area (Å²) in [5.74, 6) is 0.637. The molecule has 0 fully saturated rings. The summed E-state index contributed by atoms with van der Waals surface area (Å²) in [6.45, 7) is -1.32. The Morgan fingerprint density at radius 3 is 2.41 bits per heavy atom. The predicted molar refractivity (Wildman–Crippen MR) is 135 cm³/mol. The van der Waals surface area contributed by atoms with Gasteiger partial charge in [-0.05, 0) is 72.3 Å². The van der Waals surface area contributed by atoms with Crippen molar-refractivity contribution in [1.82, 2.24) is 19.4 Å². The molecular weight excluding hydrogens is 478 g/mol. The number of carbonyl (C=O) groups is 1. The lowest BCUT2D eigenvalue weighted by molar-refractivity contribution is -0.0498. The van der Waals surface area contributed by atoms with Crippen molar-refractivity contribution in [2.45, 2.75) is 19.8 Å².